The Kier molecular flexibility index (Phi) is 5.35. The lowest BCUT2D eigenvalue weighted by molar-refractivity contribution is -0.134. The van der Waals surface area contributed by atoms with Crippen molar-refractivity contribution in [3.63, 3.8) is 0 Å². The van der Waals surface area contributed by atoms with Crippen LogP contribution in [0.25, 0.3) is 11.7 Å². The monoisotopic (exact) mass is 383 g/mol. The fraction of sp³-hybridized carbons (Fsp3) is 0.550. The molecule has 8 heteroatoms. The number of hydrogen-bond acceptors (Lipinski definition) is 7. The second-order valence-corrected chi connectivity index (χ2v) is 7.61. The summed E-state index contributed by atoms with van der Waals surface area (Å²) < 4.78 is 11.1. The number of carbonyl (C=O) groups excluding carboxylic acids is 1. The van der Waals surface area contributed by atoms with Crippen LogP contribution in [0.3, 0.4) is 0 Å². The van der Waals surface area contributed by atoms with Gasteiger partial charge in [0.1, 0.15) is 6.07 Å². The van der Waals surface area contributed by atoms with Crippen molar-refractivity contribution in [1.82, 2.24) is 14.8 Å². The maximum Gasteiger partial charge on any atom is 0.266 e. The molecule has 8 nitrogen and oxygen atoms in total. The molecule has 28 heavy (non-hydrogen) atoms. The molecule has 1 amide bonds. The van der Waals surface area contributed by atoms with Crippen molar-refractivity contribution < 1.29 is 13.6 Å². The lowest BCUT2D eigenvalue weighted by Gasteiger charge is -2.36. The first-order valence-corrected chi connectivity index (χ1v) is 9.84. The molecule has 148 valence electrons. The number of furan rings is 1. The maximum absolute atomic E-state index is 12.6. The van der Waals surface area contributed by atoms with Crippen LogP contribution in [0.5, 0.6) is 0 Å². The van der Waals surface area contributed by atoms with E-state index in [1.807, 2.05) is 9.80 Å². The van der Waals surface area contributed by atoms with Gasteiger partial charge in [-0.3, -0.25) is 9.69 Å². The maximum atomic E-state index is 12.6. The van der Waals surface area contributed by atoms with Crippen LogP contribution in [0.15, 0.2) is 27.2 Å². The third-order valence-corrected chi connectivity index (χ3v) is 5.48. The van der Waals surface area contributed by atoms with Gasteiger partial charge < -0.3 is 18.6 Å². The Balaban J connectivity index is 1.35. The molecular weight excluding hydrogens is 358 g/mol. The van der Waals surface area contributed by atoms with Gasteiger partial charge in [0, 0.05) is 39.3 Å². The molecule has 1 unspecified atom stereocenters. The van der Waals surface area contributed by atoms with Gasteiger partial charge in [-0.05, 0) is 30.9 Å². The van der Waals surface area contributed by atoms with Crippen molar-refractivity contribution in [2.45, 2.75) is 19.8 Å². The molecule has 0 aliphatic carbocycles. The van der Waals surface area contributed by atoms with E-state index in [1.165, 1.54) is 6.42 Å². The second-order valence-electron chi connectivity index (χ2n) is 7.61. The average molecular weight is 383 g/mol. The first-order chi connectivity index (χ1) is 13.6. The van der Waals surface area contributed by atoms with Crippen LogP contribution >= 0.6 is 0 Å². The minimum atomic E-state index is 0.220. The number of likely N-dealkylation sites (tertiary alicyclic amines) is 1. The molecule has 0 N–H and O–H groups in total. The van der Waals surface area contributed by atoms with Crippen molar-refractivity contribution in [2.75, 3.05) is 50.7 Å². The van der Waals surface area contributed by atoms with Crippen LogP contribution in [0, 0.1) is 17.2 Å². The predicted molar refractivity (Wildman–Crippen MR) is 103 cm³/mol. The van der Waals surface area contributed by atoms with Crippen LogP contribution in [-0.4, -0.2) is 66.5 Å². The highest BCUT2D eigenvalue weighted by atomic mass is 16.4. The number of amides is 1. The van der Waals surface area contributed by atoms with Gasteiger partial charge in [-0.15, -0.1) is 0 Å². The molecule has 4 heterocycles. The molecule has 1 atom stereocenters. The minimum Gasteiger partial charge on any atom is -0.459 e. The van der Waals surface area contributed by atoms with Crippen molar-refractivity contribution in [3.8, 4) is 17.7 Å². The summed E-state index contributed by atoms with van der Waals surface area (Å²) in [5.41, 5.74) is 0.262. The molecule has 2 fully saturated rings. The zero-order chi connectivity index (χ0) is 19.5. The lowest BCUT2D eigenvalue weighted by Crippen LogP contribution is -2.51. The molecule has 4 rings (SSSR count). The first-order valence-electron chi connectivity index (χ1n) is 9.84. The van der Waals surface area contributed by atoms with Gasteiger partial charge in [-0.25, -0.2) is 0 Å². The van der Waals surface area contributed by atoms with Gasteiger partial charge in [0.05, 0.1) is 12.8 Å². The summed E-state index contributed by atoms with van der Waals surface area (Å²) in [5, 5.41) is 9.41. The number of carbonyl (C=O) groups is 1. The van der Waals surface area contributed by atoms with E-state index in [4.69, 9.17) is 8.83 Å². The third-order valence-electron chi connectivity index (χ3n) is 5.48. The van der Waals surface area contributed by atoms with E-state index in [0.29, 0.717) is 43.1 Å². The summed E-state index contributed by atoms with van der Waals surface area (Å²) in [6.07, 6.45) is 3.85. The van der Waals surface area contributed by atoms with Crippen molar-refractivity contribution in [2.24, 2.45) is 5.92 Å². The van der Waals surface area contributed by atoms with Gasteiger partial charge >= 0.3 is 0 Å². The Morgan fingerprint density at radius 2 is 2.14 bits per heavy atom. The van der Waals surface area contributed by atoms with Crippen LogP contribution in [0.1, 0.15) is 25.5 Å². The molecule has 2 aliphatic heterocycles. The van der Waals surface area contributed by atoms with Gasteiger partial charge in [-0.2, -0.15) is 10.2 Å². The van der Waals surface area contributed by atoms with E-state index in [1.54, 1.807) is 18.4 Å². The molecule has 0 saturated carbocycles. The number of nitriles is 1. The zero-order valence-electron chi connectivity index (χ0n) is 16.1. The number of piperidine rings is 1. The number of anilines is 1. The highest BCUT2D eigenvalue weighted by Gasteiger charge is 2.28. The van der Waals surface area contributed by atoms with Gasteiger partial charge in [0.25, 0.3) is 5.89 Å². The summed E-state index contributed by atoms with van der Waals surface area (Å²) in [5.74, 6) is 2.10. The van der Waals surface area contributed by atoms with Crippen molar-refractivity contribution in [1.29, 1.82) is 5.26 Å². The molecule has 2 aromatic heterocycles. The van der Waals surface area contributed by atoms with Gasteiger partial charge in [0.2, 0.25) is 17.5 Å². The smallest absolute Gasteiger partial charge is 0.266 e. The van der Waals surface area contributed by atoms with E-state index in [-0.39, 0.29) is 11.6 Å². The fourth-order valence-electron chi connectivity index (χ4n) is 3.92. The number of aromatic nitrogens is 1. The van der Waals surface area contributed by atoms with Gasteiger partial charge in [-0.1, -0.05) is 6.92 Å². The Labute approximate surface area is 164 Å². The Morgan fingerprint density at radius 1 is 1.32 bits per heavy atom. The van der Waals surface area contributed by atoms with Gasteiger partial charge in [0.15, 0.2) is 5.76 Å². The minimum absolute atomic E-state index is 0.220. The SMILES string of the molecule is CC1CCCN(C(=O)CN2CCN(c3oc(-c4ccco4)nc3C#N)CC2)C1. The van der Waals surface area contributed by atoms with E-state index in [0.717, 1.165) is 32.6 Å². The lowest BCUT2D eigenvalue weighted by atomic mass is 10.0. The molecule has 0 bridgehead atoms. The summed E-state index contributed by atoms with van der Waals surface area (Å²) in [4.78, 5) is 23.0. The molecule has 2 aromatic rings. The summed E-state index contributed by atoms with van der Waals surface area (Å²) in [6.45, 7) is 7.28. The Bertz CT molecular complexity index is 846. The Hall–Kier alpha value is -2.79. The molecule has 0 aromatic carbocycles. The van der Waals surface area contributed by atoms with E-state index in [9.17, 15) is 10.1 Å². The highest BCUT2D eigenvalue weighted by Crippen LogP contribution is 2.29. The largest absolute Gasteiger partial charge is 0.459 e. The van der Waals surface area contributed by atoms with Crippen LogP contribution < -0.4 is 4.90 Å². The van der Waals surface area contributed by atoms with E-state index < -0.39 is 0 Å². The zero-order valence-corrected chi connectivity index (χ0v) is 16.1. The fourth-order valence-corrected chi connectivity index (χ4v) is 3.92. The number of nitrogens with zero attached hydrogens (tertiary/aromatic N) is 5. The summed E-state index contributed by atoms with van der Waals surface area (Å²) in [6, 6.07) is 5.61. The third kappa shape index (κ3) is 3.90. The number of hydrogen-bond donors (Lipinski definition) is 0. The number of piperazine rings is 1. The molecular formula is C20H25N5O3. The Morgan fingerprint density at radius 3 is 2.82 bits per heavy atom. The van der Waals surface area contributed by atoms with Crippen molar-refractivity contribution in [3.05, 3.63) is 24.1 Å². The van der Waals surface area contributed by atoms with E-state index in [2.05, 4.69) is 22.9 Å². The molecule has 2 aliphatic rings. The van der Waals surface area contributed by atoms with Crippen LogP contribution in [0.4, 0.5) is 5.88 Å². The predicted octanol–water partition coefficient (Wildman–Crippen LogP) is 2.19. The normalized spacial score (nSPS) is 20.9. The average Bonchev–Trinajstić information content (AvgIpc) is 3.38. The van der Waals surface area contributed by atoms with Crippen molar-refractivity contribution >= 4 is 11.8 Å². The second kappa shape index (κ2) is 8.07. The van der Waals surface area contributed by atoms with Crippen LogP contribution in [-0.2, 0) is 4.79 Å². The first kappa shape index (κ1) is 18.6. The topological polar surface area (TPSA) is 89.8 Å². The van der Waals surface area contributed by atoms with Crippen LogP contribution in [0.2, 0.25) is 0 Å². The standard InChI is InChI=1S/C20H25N5O3/c1-15-4-2-6-25(13-15)18(26)14-23-7-9-24(10-8-23)20-16(12-21)22-19(28-20)17-5-3-11-27-17/h3,5,11,15H,2,4,6-10,13-14H2,1H3. The highest BCUT2D eigenvalue weighted by molar-refractivity contribution is 5.78. The molecule has 0 radical (unpaired) electrons. The number of oxazole rings is 1. The van der Waals surface area contributed by atoms with E-state index >= 15 is 0 Å². The molecule has 2 saturated heterocycles. The quantitative estimate of drug-likeness (QED) is 0.799. The molecule has 0 spiro atoms. The number of rotatable bonds is 4. The summed E-state index contributed by atoms with van der Waals surface area (Å²) in [7, 11) is 0. The summed E-state index contributed by atoms with van der Waals surface area (Å²) >= 11 is 0.